The van der Waals surface area contributed by atoms with Crippen LogP contribution in [0.25, 0.3) is 0 Å². The van der Waals surface area contributed by atoms with Crippen LogP contribution in [0.15, 0.2) is 30.3 Å². The third-order valence-corrected chi connectivity index (χ3v) is 3.67. The average molecular weight is 364 g/mol. The van der Waals surface area contributed by atoms with Crippen LogP contribution in [0.5, 0.6) is 34.5 Å². The van der Waals surface area contributed by atoms with E-state index in [0.29, 0.717) is 12.4 Å². The van der Waals surface area contributed by atoms with Crippen molar-refractivity contribution in [2.75, 3.05) is 6.61 Å². The van der Waals surface area contributed by atoms with Crippen molar-refractivity contribution in [3.8, 4) is 34.5 Å². The lowest BCUT2D eigenvalue weighted by Crippen LogP contribution is -2.10. The fraction of sp³-hybridized carbons (Fsp3) is 0.400. The normalized spacial score (nSPS) is 10.8. The molecule has 0 unspecified atom stereocenters. The second-order valence-electron chi connectivity index (χ2n) is 6.94. The Morgan fingerprint density at radius 3 is 1.92 bits per heavy atom. The van der Waals surface area contributed by atoms with Crippen molar-refractivity contribution < 1.29 is 30.3 Å². The van der Waals surface area contributed by atoms with Gasteiger partial charge in [0, 0.05) is 0 Å². The van der Waals surface area contributed by atoms with Gasteiger partial charge >= 0.3 is 0 Å². The first-order valence-corrected chi connectivity index (χ1v) is 8.47. The summed E-state index contributed by atoms with van der Waals surface area (Å²) in [7, 11) is 0. The largest absolute Gasteiger partial charge is 0.504 e. The molecular formula is C20H28O6. The van der Waals surface area contributed by atoms with Gasteiger partial charge in [-0.25, -0.2) is 0 Å². The van der Waals surface area contributed by atoms with Gasteiger partial charge in [-0.3, -0.25) is 0 Å². The quantitative estimate of drug-likeness (QED) is 0.407. The van der Waals surface area contributed by atoms with Gasteiger partial charge in [-0.2, -0.15) is 0 Å². The molecule has 26 heavy (non-hydrogen) atoms. The molecule has 6 nitrogen and oxygen atoms in total. The third-order valence-electron chi connectivity index (χ3n) is 3.67. The van der Waals surface area contributed by atoms with E-state index in [4.69, 9.17) is 14.9 Å². The zero-order valence-electron chi connectivity index (χ0n) is 15.7. The SMILES string of the molecule is CC(C)(C)c1cc(O)c(O)c(O)c1.CCCCOc1cccc(O)c1O. The smallest absolute Gasteiger partial charge is 0.200 e. The summed E-state index contributed by atoms with van der Waals surface area (Å²) in [5.74, 6) is -1.02. The molecule has 0 radical (unpaired) electrons. The molecule has 2 aromatic carbocycles. The van der Waals surface area contributed by atoms with E-state index in [-0.39, 0.29) is 28.4 Å². The molecule has 6 heteroatoms. The second kappa shape index (κ2) is 9.08. The number of phenols is 5. The van der Waals surface area contributed by atoms with Crippen LogP contribution in [-0.4, -0.2) is 32.1 Å². The van der Waals surface area contributed by atoms with Crippen LogP contribution in [0.2, 0.25) is 0 Å². The first kappa shape index (κ1) is 21.3. The van der Waals surface area contributed by atoms with Crippen LogP contribution in [-0.2, 0) is 5.41 Å². The minimum absolute atomic E-state index is 0.144. The molecule has 0 aliphatic rings. The Kier molecular flexibility index (Phi) is 7.43. The highest BCUT2D eigenvalue weighted by atomic mass is 16.5. The monoisotopic (exact) mass is 364 g/mol. The van der Waals surface area contributed by atoms with Crippen molar-refractivity contribution in [3.63, 3.8) is 0 Å². The number of hydrogen-bond acceptors (Lipinski definition) is 6. The topological polar surface area (TPSA) is 110 Å². The van der Waals surface area contributed by atoms with Crippen molar-refractivity contribution in [3.05, 3.63) is 35.9 Å². The first-order chi connectivity index (χ1) is 12.1. The third kappa shape index (κ3) is 5.95. The van der Waals surface area contributed by atoms with Crippen molar-refractivity contribution in [2.24, 2.45) is 0 Å². The molecule has 0 aliphatic carbocycles. The number of unbranched alkanes of at least 4 members (excludes halogenated alkanes) is 1. The average Bonchev–Trinajstić information content (AvgIpc) is 2.56. The molecule has 0 amide bonds. The van der Waals surface area contributed by atoms with Crippen LogP contribution in [0.3, 0.4) is 0 Å². The van der Waals surface area contributed by atoms with Gasteiger partial charge in [0.25, 0.3) is 0 Å². The van der Waals surface area contributed by atoms with Crippen LogP contribution in [0.1, 0.15) is 46.1 Å². The molecule has 2 aromatic rings. The zero-order chi connectivity index (χ0) is 19.9. The van der Waals surface area contributed by atoms with Crippen molar-refractivity contribution in [1.29, 1.82) is 0 Å². The number of ether oxygens (including phenoxy) is 1. The van der Waals surface area contributed by atoms with Crippen LogP contribution >= 0.6 is 0 Å². The Hall–Kier alpha value is -2.76. The molecular weight excluding hydrogens is 336 g/mol. The number of aromatic hydroxyl groups is 5. The van der Waals surface area contributed by atoms with E-state index in [2.05, 4.69) is 6.92 Å². The van der Waals surface area contributed by atoms with Gasteiger partial charge < -0.3 is 30.3 Å². The van der Waals surface area contributed by atoms with E-state index in [1.165, 1.54) is 18.2 Å². The predicted molar refractivity (Wildman–Crippen MR) is 100 cm³/mol. The standard InChI is InChI=1S/2C10H14O3/c1-10(2,3)6-4-7(11)9(13)8(12)5-6;1-2-3-7-13-9-6-4-5-8(11)10(9)12/h4-5,11-13H,1-3H3;4-6,11-12H,2-3,7H2,1H3. The number of rotatable bonds is 4. The Labute approximate surface area is 153 Å². The minimum atomic E-state index is -0.465. The van der Waals surface area contributed by atoms with Crippen LogP contribution in [0.4, 0.5) is 0 Å². The zero-order valence-corrected chi connectivity index (χ0v) is 15.7. The van der Waals surface area contributed by atoms with Gasteiger partial charge in [0.05, 0.1) is 6.61 Å². The molecule has 5 N–H and O–H groups in total. The van der Waals surface area contributed by atoms with E-state index < -0.39 is 5.75 Å². The molecule has 0 aliphatic heterocycles. The Morgan fingerprint density at radius 1 is 0.846 bits per heavy atom. The molecule has 144 valence electrons. The summed E-state index contributed by atoms with van der Waals surface area (Å²) in [5.41, 5.74) is 0.614. The fourth-order valence-corrected chi connectivity index (χ4v) is 1.99. The van der Waals surface area contributed by atoms with E-state index in [1.807, 2.05) is 20.8 Å². The lowest BCUT2D eigenvalue weighted by atomic mass is 9.87. The Balaban J connectivity index is 0.000000260. The number of phenolic OH excluding ortho intramolecular Hbond substituents is 5. The summed E-state index contributed by atoms with van der Waals surface area (Å²) in [6, 6.07) is 7.59. The molecule has 0 heterocycles. The van der Waals surface area contributed by atoms with E-state index in [0.717, 1.165) is 18.4 Å². The molecule has 0 fully saturated rings. The number of para-hydroxylation sites is 1. The van der Waals surface area contributed by atoms with E-state index in [1.54, 1.807) is 12.1 Å². The van der Waals surface area contributed by atoms with Crippen molar-refractivity contribution in [2.45, 2.75) is 46.0 Å². The Morgan fingerprint density at radius 2 is 1.42 bits per heavy atom. The van der Waals surface area contributed by atoms with Crippen LogP contribution in [0, 0.1) is 0 Å². The maximum Gasteiger partial charge on any atom is 0.200 e. The van der Waals surface area contributed by atoms with E-state index >= 15 is 0 Å². The summed E-state index contributed by atoms with van der Waals surface area (Å²) in [6.45, 7) is 8.49. The number of benzene rings is 2. The summed E-state index contributed by atoms with van der Waals surface area (Å²) < 4.78 is 5.25. The molecule has 0 aromatic heterocycles. The maximum absolute atomic E-state index is 9.32. The predicted octanol–water partition coefficient (Wildman–Crippen LogP) is 4.38. The lowest BCUT2D eigenvalue weighted by molar-refractivity contribution is 0.287. The summed E-state index contributed by atoms with van der Waals surface area (Å²) in [5, 5.41) is 46.0. The molecule has 0 saturated carbocycles. The fourth-order valence-electron chi connectivity index (χ4n) is 1.99. The maximum atomic E-state index is 9.32. The molecule has 0 atom stereocenters. The Bertz CT molecular complexity index is 696. The van der Waals surface area contributed by atoms with Crippen molar-refractivity contribution in [1.82, 2.24) is 0 Å². The van der Waals surface area contributed by atoms with Gasteiger partial charge in [0.2, 0.25) is 5.75 Å². The summed E-state index contributed by atoms with van der Waals surface area (Å²) in [4.78, 5) is 0. The summed E-state index contributed by atoms with van der Waals surface area (Å²) in [6.07, 6.45) is 1.98. The molecule has 2 rings (SSSR count). The number of hydrogen-bond donors (Lipinski definition) is 5. The van der Waals surface area contributed by atoms with Gasteiger partial charge in [-0.1, -0.05) is 40.2 Å². The van der Waals surface area contributed by atoms with Crippen molar-refractivity contribution >= 4 is 0 Å². The van der Waals surface area contributed by atoms with Gasteiger partial charge in [0.1, 0.15) is 0 Å². The van der Waals surface area contributed by atoms with Crippen LogP contribution < -0.4 is 4.74 Å². The van der Waals surface area contributed by atoms with E-state index in [9.17, 15) is 15.3 Å². The highest BCUT2D eigenvalue weighted by molar-refractivity contribution is 5.52. The molecule has 0 spiro atoms. The molecule has 0 saturated heterocycles. The van der Waals surface area contributed by atoms with Gasteiger partial charge in [0.15, 0.2) is 28.7 Å². The molecule has 0 bridgehead atoms. The first-order valence-electron chi connectivity index (χ1n) is 8.47. The highest BCUT2D eigenvalue weighted by Gasteiger charge is 2.17. The summed E-state index contributed by atoms with van der Waals surface area (Å²) >= 11 is 0. The second-order valence-corrected chi connectivity index (χ2v) is 6.94. The lowest BCUT2D eigenvalue weighted by Gasteiger charge is -2.19. The highest BCUT2D eigenvalue weighted by Crippen LogP contribution is 2.39. The van der Waals surface area contributed by atoms with Gasteiger partial charge in [-0.05, 0) is 41.7 Å². The minimum Gasteiger partial charge on any atom is -0.504 e. The van der Waals surface area contributed by atoms with Gasteiger partial charge in [-0.15, -0.1) is 0 Å².